The number of rotatable bonds is 4. The zero-order chi connectivity index (χ0) is 17.1. The largest absolute Gasteiger partial charge is 0.496 e. The lowest BCUT2D eigenvalue weighted by Crippen LogP contribution is -2.33. The molecule has 1 aliphatic rings. The number of anilines is 1. The maximum atomic E-state index is 12.8. The molecule has 1 amide bonds. The first-order chi connectivity index (χ1) is 11.6. The van der Waals surface area contributed by atoms with Gasteiger partial charge in [-0.2, -0.15) is 0 Å². The minimum Gasteiger partial charge on any atom is -0.496 e. The quantitative estimate of drug-likeness (QED) is 0.855. The van der Waals surface area contributed by atoms with Crippen LogP contribution in [0, 0.1) is 6.92 Å². The lowest BCUT2D eigenvalue weighted by Gasteiger charge is -2.24. The van der Waals surface area contributed by atoms with E-state index in [1.807, 2.05) is 35.4 Å². The number of nitrogens with zero attached hydrogens (tertiary/aromatic N) is 2. The standard InChI is InChI=1S/C18H22N2O3S/c1-13-12-24-18(22)19(13)11-9-17(21)20-10-4-3-6-14-15(20)7-5-8-16(14)23-2/h5,7-8,12H,3-4,6,9-11H2,1-2H3. The van der Waals surface area contributed by atoms with Crippen molar-refractivity contribution in [2.75, 3.05) is 18.6 Å². The fourth-order valence-corrected chi connectivity index (χ4v) is 3.98. The van der Waals surface area contributed by atoms with E-state index >= 15 is 0 Å². The van der Waals surface area contributed by atoms with Crippen LogP contribution in [0.4, 0.5) is 5.69 Å². The summed E-state index contributed by atoms with van der Waals surface area (Å²) in [4.78, 5) is 26.5. The molecule has 24 heavy (non-hydrogen) atoms. The van der Waals surface area contributed by atoms with Crippen LogP contribution in [0.15, 0.2) is 28.4 Å². The van der Waals surface area contributed by atoms with Crippen LogP contribution in [0.3, 0.4) is 0 Å². The minimum absolute atomic E-state index is 0.00163. The van der Waals surface area contributed by atoms with Crippen molar-refractivity contribution in [3.63, 3.8) is 0 Å². The van der Waals surface area contributed by atoms with Crippen LogP contribution in [0.25, 0.3) is 0 Å². The van der Waals surface area contributed by atoms with E-state index in [-0.39, 0.29) is 10.8 Å². The number of carbonyl (C=O) groups is 1. The molecule has 0 fully saturated rings. The van der Waals surface area contributed by atoms with Gasteiger partial charge in [0, 0.05) is 36.1 Å². The molecule has 0 aliphatic carbocycles. The Bertz CT molecular complexity index is 794. The molecule has 5 nitrogen and oxygen atoms in total. The van der Waals surface area contributed by atoms with Crippen molar-refractivity contribution in [3.8, 4) is 5.75 Å². The van der Waals surface area contributed by atoms with Crippen LogP contribution in [0.1, 0.15) is 30.5 Å². The van der Waals surface area contributed by atoms with E-state index in [0.717, 1.165) is 48.5 Å². The van der Waals surface area contributed by atoms with E-state index in [4.69, 9.17) is 4.74 Å². The summed E-state index contributed by atoms with van der Waals surface area (Å²) in [5, 5.41) is 1.83. The molecule has 1 aromatic heterocycles. The second-order valence-electron chi connectivity index (χ2n) is 6.01. The van der Waals surface area contributed by atoms with Gasteiger partial charge in [0.2, 0.25) is 5.91 Å². The zero-order valence-corrected chi connectivity index (χ0v) is 14.9. The molecule has 0 bridgehead atoms. The summed E-state index contributed by atoms with van der Waals surface area (Å²) < 4.78 is 7.14. The number of amides is 1. The topological polar surface area (TPSA) is 51.5 Å². The molecule has 2 heterocycles. The molecular formula is C18H22N2O3S. The van der Waals surface area contributed by atoms with Crippen molar-refractivity contribution in [1.29, 1.82) is 0 Å². The summed E-state index contributed by atoms with van der Waals surface area (Å²) in [7, 11) is 1.67. The smallest absolute Gasteiger partial charge is 0.307 e. The molecule has 0 atom stereocenters. The molecule has 0 unspecified atom stereocenters. The van der Waals surface area contributed by atoms with Gasteiger partial charge in [-0.15, -0.1) is 0 Å². The predicted octanol–water partition coefficient (Wildman–Crippen LogP) is 2.99. The van der Waals surface area contributed by atoms with Gasteiger partial charge >= 0.3 is 4.87 Å². The van der Waals surface area contributed by atoms with E-state index in [0.29, 0.717) is 13.0 Å². The van der Waals surface area contributed by atoms with Gasteiger partial charge in [0.25, 0.3) is 0 Å². The first-order valence-corrected chi connectivity index (χ1v) is 9.11. The third kappa shape index (κ3) is 3.24. The molecule has 3 rings (SSSR count). The molecule has 2 aromatic rings. The molecule has 128 valence electrons. The first kappa shape index (κ1) is 16.8. The SMILES string of the molecule is COc1cccc2c1CCCCN2C(=O)CCn1c(C)csc1=O. The molecule has 6 heteroatoms. The Morgan fingerprint density at radius 1 is 1.33 bits per heavy atom. The Morgan fingerprint density at radius 3 is 2.88 bits per heavy atom. The number of hydrogen-bond donors (Lipinski definition) is 0. The number of benzene rings is 1. The average Bonchev–Trinajstić information content (AvgIpc) is 2.79. The van der Waals surface area contributed by atoms with Crippen molar-refractivity contribution < 1.29 is 9.53 Å². The van der Waals surface area contributed by atoms with Gasteiger partial charge in [-0.3, -0.25) is 9.59 Å². The predicted molar refractivity (Wildman–Crippen MR) is 96.2 cm³/mol. The average molecular weight is 346 g/mol. The van der Waals surface area contributed by atoms with Gasteiger partial charge in [-0.05, 0) is 38.3 Å². The lowest BCUT2D eigenvalue weighted by molar-refractivity contribution is -0.118. The Morgan fingerprint density at radius 2 is 2.17 bits per heavy atom. The van der Waals surface area contributed by atoms with Crippen molar-refractivity contribution in [2.45, 2.75) is 39.2 Å². The number of aryl methyl sites for hydroxylation is 1. The number of fused-ring (bicyclic) bond motifs is 1. The van der Waals surface area contributed by atoms with E-state index in [1.165, 1.54) is 11.3 Å². The summed E-state index contributed by atoms with van der Waals surface area (Å²) in [6, 6.07) is 5.86. The van der Waals surface area contributed by atoms with Gasteiger partial charge in [0.1, 0.15) is 5.75 Å². The summed E-state index contributed by atoms with van der Waals surface area (Å²) in [5.41, 5.74) is 2.97. The van der Waals surface area contributed by atoms with E-state index < -0.39 is 0 Å². The minimum atomic E-state index is -0.00163. The highest BCUT2D eigenvalue weighted by Gasteiger charge is 2.23. The molecule has 1 aliphatic heterocycles. The highest BCUT2D eigenvalue weighted by Crippen LogP contribution is 2.33. The van der Waals surface area contributed by atoms with E-state index in [1.54, 1.807) is 11.7 Å². The Kier molecular flexibility index (Phi) is 5.04. The molecule has 0 spiro atoms. The summed E-state index contributed by atoms with van der Waals surface area (Å²) in [6.45, 7) is 3.05. The molecule has 0 saturated heterocycles. The molecule has 0 N–H and O–H groups in total. The van der Waals surface area contributed by atoms with Gasteiger partial charge in [-0.25, -0.2) is 0 Å². The summed E-state index contributed by atoms with van der Waals surface area (Å²) in [5.74, 6) is 0.904. The highest BCUT2D eigenvalue weighted by molar-refractivity contribution is 7.07. The molecular weight excluding hydrogens is 324 g/mol. The maximum absolute atomic E-state index is 12.8. The van der Waals surface area contributed by atoms with Gasteiger partial charge in [0.15, 0.2) is 0 Å². The van der Waals surface area contributed by atoms with Crippen LogP contribution < -0.4 is 14.5 Å². The van der Waals surface area contributed by atoms with Crippen molar-refractivity contribution in [3.05, 3.63) is 44.5 Å². The van der Waals surface area contributed by atoms with Gasteiger partial charge in [-0.1, -0.05) is 17.4 Å². The van der Waals surface area contributed by atoms with Crippen LogP contribution >= 0.6 is 11.3 Å². The second kappa shape index (κ2) is 7.21. The van der Waals surface area contributed by atoms with Crippen molar-refractivity contribution in [1.82, 2.24) is 4.57 Å². The lowest BCUT2D eigenvalue weighted by atomic mass is 10.1. The van der Waals surface area contributed by atoms with Crippen molar-refractivity contribution in [2.24, 2.45) is 0 Å². The summed E-state index contributed by atoms with van der Waals surface area (Å²) >= 11 is 1.18. The Hall–Kier alpha value is -2.08. The number of methoxy groups -OCH3 is 1. The zero-order valence-electron chi connectivity index (χ0n) is 14.1. The monoisotopic (exact) mass is 346 g/mol. The number of carbonyl (C=O) groups excluding carboxylic acids is 1. The normalized spacial score (nSPS) is 14.2. The van der Waals surface area contributed by atoms with Crippen molar-refractivity contribution >= 4 is 22.9 Å². The number of hydrogen-bond acceptors (Lipinski definition) is 4. The van der Waals surface area contributed by atoms with E-state index in [9.17, 15) is 9.59 Å². The van der Waals surface area contributed by atoms with E-state index in [2.05, 4.69) is 0 Å². The third-order valence-corrected chi connectivity index (χ3v) is 5.39. The molecule has 1 aromatic carbocycles. The first-order valence-electron chi connectivity index (χ1n) is 8.23. The summed E-state index contributed by atoms with van der Waals surface area (Å²) in [6.07, 6.45) is 3.27. The highest BCUT2D eigenvalue weighted by atomic mass is 32.1. The fourth-order valence-electron chi connectivity index (χ4n) is 3.22. The number of thiazole rings is 1. The molecule has 0 radical (unpaired) electrons. The number of aromatic nitrogens is 1. The van der Waals surface area contributed by atoms with Gasteiger partial charge < -0.3 is 14.2 Å². The van der Waals surface area contributed by atoms with Crippen LogP contribution in [-0.2, 0) is 17.8 Å². The Balaban J connectivity index is 1.82. The van der Waals surface area contributed by atoms with Crippen LogP contribution in [0.5, 0.6) is 5.75 Å². The van der Waals surface area contributed by atoms with Crippen LogP contribution in [-0.4, -0.2) is 24.1 Å². The second-order valence-corrected chi connectivity index (χ2v) is 6.83. The molecule has 0 saturated carbocycles. The maximum Gasteiger partial charge on any atom is 0.307 e. The fraction of sp³-hybridized carbons (Fsp3) is 0.444. The third-order valence-electron chi connectivity index (χ3n) is 4.50. The van der Waals surface area contributed by atoms with Gasteiger partial charge in [0.05, 0.1) is 12.8 Å². The number of ether oxygens (including phenoxy) is 1. The van der Waals surface area contributed by atoms with Crippen LogP contribution in [0.2, 0.25) is 0 Å². The Labute approximate surface area is 145 Å².